The summed E-state index contributed by atoms with van der Waals surface area (Å²) < 4.78 is 16.5. The molecule has 1 aromatic heterocycles. The first-order valence-electron chi connectivity index (χ1n) is 10.2. The Labute approximate surface area is 172 Å². The van der Waals surface area contributed by atoms with Crippen molar-refractivity contribution in [3.05, 3.63) is 46.9 Å². The number of hydrogen-bond acceptors (Lipinski definition) is 5. The zero-order valence-corrected chi connectivity index (χ0v) is 17.7. The van der Waals surface area contributed by atoms with Gasteiger partial charge < -0.3 is 19.3 Å². The van der Waals surface area contributed by atoms with Gasteiger partial charge in [-0.05, 0) is 69.2 Å². The molecule has 2 aromatic rings. The van der Waals surface area contributed by atoms with Crippen molar-refractivity contribution in [3.8, 4) is 11.5 Å². The highest BCUT2D eigenvalue weighted by atomic mass is 16.5. The van der Waals surface area contributed by atoms with Gasteiger partial charge in [-0.15, -0.1) is 0 Å². The van der Waals surface area contributed by atoms with E-state index < -0.39 is 0 Å². The monoisotopic (exact) mass is 398 g/mol. The number of hydrogen-bond donors (Lipinski definition) is 1. The van der Waals surface area contributed by atoms with Gasteiger partial charge in [0.15, 0.2) is 11.5 Å². The fourth-order valence-corrected chi connectivity index (χ4v) is 3.59. The van der Waals surface area contributed by atoms with Crippen LogP contribution in [0, 0.1) is 19.8 Å². The maximum atomic E-state index is 12.2. The average molecular weight is 399 g/mol. The highest BCUT2D eigenvalue weighted by Crippen LogP contribution is 2.30. The van der Waals surface area contributed by atoms with Crippen LogP contribution in [0.4, 0.5) is 0 Å². The Morgan fingerprint density at radius 1 is 1.24 bits per heavy atom. The predicted octanol–water partition coefficient (Wildman–Crippen LogP) is 4.59. The predicted molar refractivity (Wildman–Crippen MR) is 112 cm³/mol. The first-order valence-corrected chi connectivity index (χ1v) is 10.2. The van der Waals surface area contributed by atoms with Crippen molar-refractivity contribution in [1.82, 2.24) is 10.5 Å². The van der Waals surface area contributed by atoms with Crippen molar-refractivity contribution in [2.45, 2.75) is 59.1 Å². The maximum absolute atomic E-state index is 12.2. The van der Waals surface area contributed by atoms with Gasteiger partial charge in [0.2, 0.25) is 5.91 Å². The van der Waals surface area contributed by atoms with Gasteiger partial charge in [0, 0.05) is 12.1 Å². The molecule has 1 saturated carbocycles. The lowest BCUT2D eigenvalue weighted by Gasteiger charge is -2.26. The molecule has 156 valence electrons. The summed E-state index contributed by atoms with van der Waals surface area (Å²) in [7, 11) is 1.60. The number of aryl methyl sites for hydroxylation is 2. The van der Waals surface area contributed by atoms with E-state index >= 15 is 0 Å². The second kappa shape index (κ2) is 9.63. The lowest BCUT2D eigenvalue weighted by molar-refractivity contribution is -0.117. The van der Waals surface area contributed by atoms with E-state index in [1.54, 1.807) is 19.3 Å². The summed E-state index contributed by atoms with van der Waals surface area (Å²) in [6.45, 7) is 6.38. The third kappa shape index (κ3) is 5.62. The van der Waals surface area contributed by atoms with Gasteiger partial charge in [0.05, 0.1) is 18.4 Å². The zero-order valence-electron chi connectivity index (χ0n) is 17.7. The van der Waals surface area contributed by atoms with E-state index in [1.807, 2.05) is 32.0 Å². The molecule has 1 aliphatic carbocycles. The standard InChI is InChI=1S/C23H30N2O4/c1-15-5-9-19(10-6-15)24-23(26)12-8-18-7-11-21(22(13-18)27-4)28-14-20-16(2)25-29-17(20)3/h7-8,11-13,15,19H,5-6,9-10,14H2,1-4H3,(H,24,26)/b12-8+. The van der Waals surface area contributed by atoms with Crippen LogP contribution in [0.5, 0.6) is 11.5 Å². The van der Waals surface area contributed by atoms with E-state index in [1.165, 1.54) is 12.8 Å². The third-order valence-corrected chi connectivity index (χ3v) is 5.53. The number of ether oxygens (including phenoxy) is 2. The zero-order chi connectivity index (χ0) is 20.8. The lowest BCUT2D eigenvalue weighted by atomic mass is 9.87. The molecule has 1 amide bonds. The number of benzene rings is 1. The molecule has 1 aliphatic rings. The van der Waals surface area contributed by atoms with Crippen LogP contribution < -0.4 is 14.8 Å². The van der Waals surface area contributed by atoms with Crippen LogP contribution in [0.1, 0.15) is 55.2 Å². The van der Waals surface area contributed by atoms with E-state index in [9.17, 15) is 4.79 Å². The van der Waals surface area contributed by atoms with Crippen LogP contribution in [0.3, 0.4) is 0 Å². The van der Waals surface area contributed by atoms with Crippen molar-refractivity contribution < 1.29 is 18.8 Å². The average Bonchev–Trinajstić information content (AvgIpc) is 3.04. The number of carbonyl (C=O) groups excluding carboxylic acids is 1. The molecule has 3 rings (SSSR count). The summed E-state index contributed by atoms with van der Waals surface area (Å²) >= 11 is 0. The van der Waals surface area contributed by atoms with E-state index in [2.05, 4.69) is 17.4 Å². The first-order chi connectivity index (χ1) is 14.0. The number of carbonyl (C=O) groups is 1. The third-order valence-electron chi connectivity index (χ3n) is 5.53. The fraction of sp³-hybridized carbons (Fsp3) is 0.478. The second-order valence-corrected chi connectivity index (χ2v) is 7.80. The van der Waals surface area contributed by atoms with Crippen LogP contribution in [-0.4, -0.2) is 24.2 Å². The van der Waals surface area contributed by atoms with E-state index in [4.69, 9.17) is 14.0 Å². The molecular weight excluding hydrogens is 368 g/mol. The molecular formula is C23H30N2O4. The smallest absolute Gasteiger partial charge is 0.244 e. The summed E-state index contributed by atoms with van der Waals surface area (Å²) in [5, 5.41) is 7.04. The van der Waals surface area contributed by atoms with E-state index in [0.29, 0.717) is 18.1 Å². The lowest BCUT2D eigenvalue weighted by Crippen LogP contribution is -2.36. The Hall–Kier alpha value is -2.76. The molecule has 1 aromatic carbocycles. The van der Waals surface area contributed by atoms with Gasteiger partial charge >= 0.3 is 0 Å². The minimum atomic E-state index is -0.0535. The van der Waals surface area contributed by atoms with Crippen molar-refractivity contribution in [2.75, 3.05) is 7.11 Å². The van der Waals surface area contributed by atoms with Gasteiger partial charge in [-0.1, -0.05) is 18.1 Å². The number of aromatic nitrogens is 1. The molecule has 6 nitrogen and oxygen atoms in total. The molecule has 0 bridgehead atoms. The molecule has 29 heavy (non-hydrogen) atoms. The van der Waals surface area contributed by atoms with Crippen LogP contribution in [0.2, 0.25) is 0 Å². The minimum absolute atomic E-state index is 0.0535. The molecule has 0 radical (unpaired) electrons. The molecule has 0 spiro atoms. The Kier molecular flexibility index (Phi) is 6.96. The van der Waals surface area contributed by atoms with E-state index in [-0.39, 0.29) is 11.9 Å². The SMILES string of the molecule is COc1cc(/C=C/C(=O)NC2CCC(C)CC2)ccc1OCc1c(C)noc1C. The summed E-state index contributed by atoms with van der Waals surface area (Å²) in [4.78, 5) is 12.2. The Morgan fingerprint density at radius 3 is 2.66 bits per heavy atom. The fourth-order valence-electron chi connectivity index (χ4n) is 3.59. The largest absolute Gasteiger partial charge is 0.493 e. The van der Waals surface area contributed by atoms with Crippen LogP contribution >= 0.6 is 0 Å². The molecule has 1 heterocycles. The minimum Gasteiger partial charge on any atom is -0.493 e. The highest BCUT2D eigenvalue weighted by Gasteiger charge is 2.18. The van der Waals surface area contributed by atoms with E-state index in [0.717, 1.165) is 41.3 Å². The maximum Gasteiger partial charge on any atom is 0.244 e. The first kappa shape index (κ1) is 21.0. The number of rotatable bonds is 7. The summed E-state index contributed by atoms with van der Waals surface area (Å²) in [6, 6.07) is 5.89. The summed E-state index contributed by atoms with van der Waals surface area (Å²) in [5.74, 6) is 2.71. The second-order valence-electron chi connectivity index (χ2n) is 7.80. The molecule has 0 aliphatic heterocycles. The van der Waals surface area contributed by atoms with Crippen LogP contribution in [0.15, 0.2) is 28.8 Å². The van der Waals surface area contributed by atoms with Crippen molar-refractivity contribution in [2.24, 2.45) is 5.92 Å². The van der Waals surface area contributed by atoms with Crippen molar-refractivity contribution >= 4 is 12.0 Å². The Morgan fingerprint density at radius 2 is 2.00 bits per heavy atom. The van der Waals surface area contributed by atoms with Gasteiger partial charge in [0.1, 0.15) is 12.4 Å². The van der Waals surface area contributed by atoms with Crippen molar-refractivity contribution in [1.29, 1.82) is 0 Å². The Bertz CT molecular complexity index is 844. The topological polar surface area (TPSA) is 73.6 Å². The summed E-state index contributed by atoms with van der Waals surface area (Å²) in [6.07, 6.45) is 7.86. The highest BCUT2D eigenvalue weighted by molar-refractivity contribution is 5.92. The molecule has 0 saturated heterocycles. The number of nitrogens with zero attached hydrogens (tertiary/aromatic N) is 1. The van der Waals surface area contributed by atoms with Gasteiger partial charge in [0.25, 0.3) is 0 Å². The number of amides is 1. The normalized spacial score (nSPS) is 19.3. The molecule has 6 heteroatoms. The van der Waals surface area contributed by atoms with Gasteiger partial charge in [-0.25, -0.2) is 0 Å². The number of methoxy groups -OCH3 is 1. The quantitative estimate of drug-likeness (QED) is 0.691. The van der Waals surface area contributed by atoms with Crippen molar-refractivity contribution in [3.63, 3.8) is 0 Å². The summed E-state index contributed by atoms with van der Waals surface area (Å²) in [5.41, 5.74) is 2.63. The molecule has 0 unspecified atom stereocenters. The molecule has 0 atom stereocenters. The number of nitrogens with one attached hydrogen (secondary N) is 1. The molecule has 1 N–H and O–H groups in total. The van der Waals surface area contributed by atoms with Gasteiger partial charge in [-0.3, -0.25) is 4.79 Å². The van der Waals surface area contributed by atoms with Crippen LogP contribution in [-0.2, 0) is 11.4 Å². The van der Waals surface area contributed by atoms with Crippen LogP contribution in [0.25, 0.3) is 6.08 Å². The molecule has 1 fully saturated rings. The Balaban J connectivity index is 1.59. The van der Waals surface area contributed by atoms with Gasteiger partial charge in [-0.2, -0.15) is 0 Å².